The molecule has 110 valence electrons. The van der Waals surface area contributed by atoms with Gasteiger partial charge >= 0.3 is 0 Å². The van der Waals surface area contributed by atoms with Gasteiger partial charge in [0.25, 0.3) is 5.66 Å². The van der Waals surface area contributed by atoms with Gasteiger partial charge in [0.15, 0.2) is 0 Å². The maximum absolute atomic E-state index is 8.35. The van der Waals surface area contributed by atoms with E-state index >= 15 is 0 Å². The number of hydrogen-bond acceptors (Lipinski definition) is 4. The molecule has 8 heteroatoms. The highest BCUT2D eigenvalue weighted by Gasteiger charge is 2.51. The molecule has 2 atom stereocenters. The van der Waals surface area contributed by atoms with Crippen LogP contribution in [-0.2, 0) is 5.66 Å². The summed E-state index contributed by atoms with van der Waals surface area (Å²) in [4.78, 5) is 0. The molecule has 0 saturated carbocycles. The van der Waals surface area contributed by atoms with Crippen LogP contribution < -0.4 is 33.0 Å². The Balaban J connectivity index is 2.33. The Morgan fingerprint density at radius 1 is 0.905 bits per heavy atom. The second kappa shape index (κ2) is 5.15. The summed E-state index contributed by atoms with van der Waals surface area (Å²) < 4.78 is 0. The van der Waals surface area contributed by atoms with E-state index in [0.29, 0.717) is 0 Å². The molecular formula is C13H18N8. The predicted octanol–water partition coefficient (Wildman–Crippen LogP) is -1.67. The quantitative estimate of drug-likeness (QED) is 0.228. The van der Waals surface area contributed by atoms with Crippen LogP contribution in [0.5, 0.6) is 0 Å². The second-order valence-corrected chi connectivity index (χ2v) is 4.90. The number of quaternary nitrogens is 2. The van der Waals surface area contributed by atoms with Crippen LogP contribution in [0, 0.1) is 0 Å². The van der Waals surface area contributed by atoms with Gasteiger partial charge in [-0.25, -0.2) is 5.12 Å². The lowest BCUT2D eigenvalue weighted by molar-refractivity contribution is -1.49. The first-order valence-electron chi connectivity index (χ1n) is 6.48. The van der Waals surface area contributed by atoms with Gasteiger partial charge in [-0.1, -0.05) is 48.5 Å². The van der Waals surface area contributed by atoms with Crippen molar-refractivity contribution in [2.75, 3.05) is 0 Å². The number of nitrogens with two attached hydrogens (primary N) is 2. The average Bonchev–Trinajstić information content (AvgIpc) is 2.79. The molecule has 0 bridgehead atoms. The Morgan fingerprint density at radius 3 is 1.81 bits per heavy atom. The largest absolute Gasteiger partial charge is 0.414 e. The summed E-state index contributed by atoms with van der Waals surface area (Å²) >= 11 is 0. The summed E-state index contributed by atoms with van der Waals surface area (Å²) in [5.74, 6) is 27.1. The van der Waals surface area contributed by atoms with Gasteiger partial charge in [0.05, 0.1) is 0 Å². The third-order valence-corrected chi connectivity index (χ3v) is 3.86. The van der Waals surface area contributed by atoms with Crippen molar-refractivity contribution >= 4 is 0 Å². The van der Waals surface area contributed by atoms with Crippen LogP contribution in [0.25, 0.3) is 22.8 Å². The minimum absolute atomic E-state index is 0.0437. The topological polar surface area (TPSA) is 133 Å². The smallest absolute Gasteiger partial charge is 0.253 e. The van der Waals surface area contributed by atoms with E-state index in [1.807, 2.05) is 48.5 Å². The predicted molar refractivity (Wildman–Crippen MR) is 77.9 cm³/mol. The van der Waals surface area contributed by atoms with E-state index in [2.05, 4.69) is 11.0 Å². The zero-order valence-corrected chi connectivity index (χ0v) is 11.3. The second-order valence-electron chi connectivity index (χ2n) is 4.90. The van der Waals surface area contributed by atoms with Gasteiger partial charge in [-0.3, -0.25) is 5.84 Å². The van der Waals surface area contributed by atoms with Crippen LogP contribution in [0.3, 0.4) is 0 Å². The van der Waals surface area contributed by atoms with Gasteiger partial charge < -0.3 is 11.7 Å². The molecule has 2 aromatic rings. The Morgan fingerprint density at radius 2 is 1.38 bits per heavy atom. The highest BCUT2D eigenvalue weighted by Crippen LogP contribution is 2.43. The standard InChI is InChI=1S/C13H18N8/c14-19-18-13(20(15)21(16)17)11-7-3-1-5-9(11)10-6-2-4-8-12(10)13/h1-8,15-16,18-21H,14,17H2. The number of nitrogens with one attached hydrogen (secondary N) is 6. The highest BCUT2D eigenvalue weighted by atomic mass is 16.0. The van der Waals surface area contributed by atoms with Gasteiger partial charge in [-0.15, -0.1) is 5.84 Å². The van der Waals surface area contributed by atoms with Crippen LogP contribution in [0.4, 0.5) is 0 Å². The van der Waals surface area contributed by atoms with Gasteiger partial charge in [0, 0.05) is 11.1 Å². The van der Waals surface area contributed by atoms with Crippen molar-refractivity contribution in [3.05, 3.63) is 71.3 Å². The van der Waals surface area contributed by atoms with E-state index in [-0.39, 0.29) is 10.3 Å². The maximum atomic E-state index is 8.35. The lowest BCUT2D eigenvalue weighted by Gasteiger charge is -2.43. The van der Waals surface area contributed by atoms with Crippen molar-refractivity contribution in [3.8, 4) is 11.1 Å². The SMILES string of the molecule is [NH-][NH+](N)[NH+]([NH-])C1(NNN)c2ccccc2-c2ccccc21. The summed E-state index contributed by atoms with van der Waals surface area (Å²) in [5, 5.41) is -0.345. The van der Waals surface area contributed by atoms with Crippen LogP contribution in [0.2, 0.25) is 0 Å². The molecule has 1 aliphatic carbocycles. The summed E-state index contributed by atoms with van der Waals surface area (Å²) in [6.07, 6.45) is 0. The first-order valence-corrected chi connectivity index (χ1v) is 6.48. The Bertz CT molecular complexity index is 611. The summed E-state index contributed by atoms with van der Waals surface area (Å²) in [7, 11) is 0. The molecule has 10 N–H and O–H groups in total. The zero-order valence-electron chi connectivity index (χ0n) is 11.3. The molecule has 0 radical (unpaired) electrons. The fraction of sp³-hybridized carbons (Fsp3) is 0.0769. The molecule has 0 aromatic heterocycles. The third kappa shape index (κ3) is 1.87. The lowest BCUT2D eigenvalue weighted by Crippen LogP contribution is -3.60. The van der Waals surface area contributed by atoms with E-state index in [4.69, 9.17) is 23.4 Å². The molecule has 2 unspecified atom stereocenters. The molecule has 0 heterocycles. The van der Waals surface area contributed by atoms with E-state index < -0.39 is 5.66 Å². The van der Waals surface area contributed by atoms with E-state index in [1.165, 1.54) is 0 Å². The Hall–Kier alpha value is -1.88. The molecule has 3 rings (SSSR count). The number of benzene rings is 2. The van der Waals surface area contributed by atoms with E-state index in [1.54, 1.807) is 0 Å². The number of hydrogen-bond donors (Lipinski definition) is 6. The Kier molecular flexibility index (Phi) is 3.45. The van der Waals surface area contributed by atoms with Crippen molar-refractivity contribution in [1.82, 2.24) is 11.0 Å². The first kappa shape index (κ1) is 14.1. The number of rotatable bonds is 4. The maximum Gasteiger partial charge on any atom is 0.253 e. The van der Waals surface area contributed by atoms with Gasteiger partial charge in [-0.2, -0.15) is 16.2 Å². The molecule has 2 aromatic carbocycles. The van der Waals surface area contributed by atoms with E-state index in [9.17, 15) is 0 Å². The number of fused-ring (bicyclic) bond motifs is 3. The molecule has 0 fully saturated rings. The fourth-order valence-corrected chi connectivity index (χ4v) is 3.01. The van der Waals surface area contributed by atoms with Crippen molar-refractivity contribution in [2.24, 2.45) is 11.7 Å². The van der Waals surface area contributed by atoms with Crippen molar-refractivity contribution < 1.29 is 10.3 Å². The average molecular weight is 286 g/mol. The highest BCUT2D eigenvalue weighted by molar-refractivity contribution is 5.79. The molecule has 0 spiro atoms. The molecule has 8 nitrogen and oxygen atoms in total. The minimum Gasteiger partial charge on any atom is -0.414 e. The lowest BCUT2D eigenvalue weighted by atomic mass is 9.98. The first-order chi connectivity index (χ1) is 10.1. The summed E-state index contributed by atoms with van der Waals surface area (Å²) in [6.45, 7) is 0. The molecule has 0 aliphatic heterocycles. The van der Waals surface area contributed by atoms with Crippen molar-refractivity contribution in [1.29, 1.82) is 0 Å². The summed E-state index contributed by atoms with van der Waals surface area (Å²) in [6, 6.07) is 15.5. The fourth-order valence-electron chi connectivity index (χ4n) is 3.01. The molecular weight excluding hydrogens is 268 g/mol. The normalized spacial score (nSPS) is 17.9. The zero-order chi connectivity index (χ0) is 15.0. The molecule has 0 amide bonds. The van der Waals surface area contributed by atoms with Crippen LogP contribution in [-0.4, -0.2) is 0 Å². The van der Waals surface area contributed by atoms with E-state index in [0.717, 1.165) is 22.3 Å². The van der Waals surface area contributed by atoms with Crippen LogP contribution in [0.15, 0.2) is 48.5 Å². The number of hydrazine groups is 2. The monoisotopic (exact) mass is 286 g/mol. The van der Waals surface area contributed by atoms with Crippen molar-refractivity contribution in [2.45, 2.75) is 5.66 Å². The third-order valence-electron chi connectivity index (χ3n) is 3.86. The van der Waals surface area contributed by atoms with Gasteiger partial charge in [0.1, 0.15) is 0 Å². The Labute approximate surface area is 122 Å². The van der Waals surface area contributed by atoms with Gasteiger partial charge in [-0.05, 0) is 11.1 Å². The molecule has 0 saturated heterocycles. The molecule has 1 aliphatic rings. The summed E-state index contributed by atoms with van der Waals surface area (Å²) in [5.41, 5.74) is 8.00. The molecule has 21 heavy (non-hydrogen) atoms. The van der Waals surface area contributed by atoms with Crippen LogP contribution in [0.1, 0.15) is 11.1 Å². The van der Waals surface area contributed by atoms with Crippen LogP contribution >= 0.6 is 0 Å². The van der Waals surface area contributed by atoms with Crippen molar-refractivity contribution in [3.63, 3.8) is 0 Å². The van der Waals surface area contributed by atoms with Gasteiger partial charge in [0.2, 0.25) is 0 Å². The minimum atomic E-state index is -1.06.